The van der Waals surface area contributed by atoms with Gasteiger partial charge in [-0.05, 0) is 43.3 Å². The molecule has 0 bridgehead atoms. The van der Waals surface area contributed by atoms with Gasteiger partial charge in [-0.2, -0.15) is 4.31 Å². The summed E-state index contributed by atoms with van der Waals surface area (Å²) in [5.41, 5.74) is 0.153. The second-order valence-corrected chi connectivity index (χ2v) is 8.28. The number of carbonyl (C=O) groups excluding carboxylic acids is 1. The molecule has 0 unspecified atom stereocenters. The molecule has 1 amide bonds. The normalized spacial score (nSPS) is 15.4. The predicted octanol–water partition coefficient (Wildman–Crippen LogP) is 1.64. The first kappa shape index (κ1) is 20.0. The fourth-order valence-electron chi connectivity index (χ4n) is 3.06. The molecule has 0 aromatic heterocycles. The fraction of sp³-hybridized carbons (Fsp3) is 0.316. The van der Waals surface area contributed by atoms with E-state index in [1.54, 1.807) is 12.1 Å². The number of benzene rings is 2. The summed E-state index contributed by atoms with van der Waals surface area (Å²) in [6.45, 7) is 3.10. The van der Waals surface area contributed by atoms with Crippen LogP contribution in [0.1, 0.15) is 17.3 Å². The van der Waals surface area contributed by atoms with Crippen molar-refractivity contribution in [3.63, 3.8) is 0 Å². The highest BCUT2D eigenvalue weighted by Crippen LogP contribution is 2.24. The van der Waals surface area contributed by atoms with Crippen LogP contribution in [0, 0.1) is 0 Å². The van der Waals surface area contributed by atoms with Gasteiger partial charge in [0.2, 0.25) is 10.0 Å². The van der Waals surface area contributed by atoms with Crippen LogP contribution in [0.3, 0.4) is 0 Å². The molecule has 0 saturated carbocycles. The van der Waals surface area contributed by atoms with E-state index >= 15 is 0 Å². The van der Waals surface area contributed by atoms with Gasteiger partial charge in [0, 0.05) is 37.8 Å². The Balaban J connectivity index is 1.67. The van der Waals surface area contributed by atoms with Crippen LogP contribution in [-0.2, 0) is 10.0 Å². The zero-order chi connectivity index (χ0) is 20.3. The molecule has 0 atom stereocenters. The summed E-state index contributed by atoms with van der Waals surface area (Å²) >= 11 is 0. The lowest BCUT2D eigenvalue weighted by molar-refractivity contribution is 0.0697. The molecule has 9 heteroatoms. The van der Waals surface area contributed by atoms with Crippen LogP contribution in [0.2, 0.25) is 0 Å². The van der Waals surface area contributed by atoms with Crippen molar-refractivity contribution >= 4 is 15.9 Å². The third-order valence-corrected chi connectivity index (χ3v) is 6.36. The molecule has 2 N–H and O–H groups in total. The van der Waals surface area contributed by atoms with Crippen LogP contribution >= 0.6 is 0 Å². The minimum atomic E-state index is -3.66. The van der Waals surface area contributed by atoms with Crippen molar-refractivity contribution in [2.45, 2.75) is 11.8 Å². The Kier molecular flexibility index (Phi) is 5.76. The summed E-state index contributed by atoms with van der Waals surface area (Å²) in [6.07, 6.45) is 0. The number of hydrogen-bond donors (Lipinski definition) is 2. The minimum Gasteiger partial charge on any atom is -0.508 e. The number of phenols is 2. The van der Waals surface area contributed by atoms with Crippen LogP contribution < -0.4 is 4.74 Å². The summed E-state index contributed by atoms with van der Waals surface area (Å²) in [7, 11) is -3.66. The van der Waals surface area contributed by atoms with E-state index < -0.39 is 10.0 Å². The molecule has 150 valence electrons. The summed E-state index contributed by atoms with van der Waals surface area (Å²) in [6, 6.07) is 9.92. The van der Waals surface area contributed by atoms with Gasteiger partial charge < -0.3 is 19.8 Å². The monoisotopic (exact) mass is 406 g/mol. The van der Waals surface area contributed by atoms with E-state index in [1.165, 1.54) is 33.5 Å². The molecular weight excluding hydrogens is 384 g/mol. The van der Waals surface area contributed by atoms with Gasteiger partial charge in [0.1, 0.15) is 17.2 Å². The Labute approximate surface area is 163 Å². The van der Waals surface area contributed by atoms with E-state index in [-0.39, 0.29) is 54.0 Å². The number of amides is 1. The highest BCUT2D eigenvalue weighted by molar-refractivity contribution is 7.89. The first-order valence-electron chi connectivity index (χ1n) is 8.86. The van der Waals surface area contributed by atoms with E-state index in [0.717, 1.165) is 6.07 Å². The van der Waals surface area contributed by atoms with Gasteiger partial charge >= 0.3 is 0 Å². The van der Waals surface area contributed by atoms with E-state index in [0.29, 0.717) is 12.4 Å². The van der Waals surface area contributed by atoms with Crippen LogP contribution in [0.15, 0.2) is 47.4 Å². The molecule has 0 aliphatic carbocycles. The van der Waals surface area contributed by atoms with Gasteiger partial charge in [-0.1, -0.05) is 0 Å². The average molecular weight is 406 g/mol. The topological polar surface area (TPSA) is 107 Å². The molecule has 1 aliphatic heterocycles. The maximum atomic E-state index is 12.8. The van der Waals surface area contributed by atoms with Crippen LogP contribution in [0.25, 0.3) is 0 Å². The Morgan fingerprint density at radius 2 is 1.57 bits per heavy atom. The number of aromatic hydroxyl groups is 2. The molecule has 2 aromatic rings. The molecule has 0 spiro atoms. The molecule has 1 fully saturated rings. The lowest BCUT2D eigenvalue weighted by Gasteiger charge is -2.34. The molecule has 1 heterocycles. The van der Waals surface area contributed by atoms with Crippen LogP contribution in [0.5, 0.6) is 17.2 Å². The number of rotatable bonds is 5. The number of nitrogens with zero attached hydrogens (tertiary/aromatic N) is 2. The quantitative estimate of drug-likeness (QED) is 0.782. The van der Waals surface area contributed by atoms with E-state index in [2.05, 4.69) is 0 Å². The lowest BCUT2D eigenvalue weighted by atomic mass is 10.1. The van der Waals surface area contributed by atoms with Crippen molar-refractivity contribution in [2.24, 2.45) is 0 Å². The minimum absolute atomic E-state index is 0.153. The van der Waals surface area contributed by atoms with Crippen LogP contribution in [-0.4, -0.2) is 66.5 Å². The summed E-state index contributed by atoms with van der Waals surface area (Å²) < 4.78 is 32.3. The number of carbonyl (C=O) groups is 1. The SMILES string of the molecule is CCOc1ccc(S(=O)(=O)N2CCN(C(=O)c3cc(O)cc(O)c3)CC2)cc1. The molecule has 3 rings (SSSR count). The van der Waals surface area contributed by atoms with Crippen molar-refractivity contribution < 1.29 is 28.2 Å². The van der Waals surface area contributed by atoms with Crippen molar-refractivity contribution in [3.05, 3.63) is 48.0 Å². The fourth-order valence-corrected chi connectivity index (χ4v) is 4.48. The van der Waals surface area contributed by atoms with Crippen LogP contribution in [0.4, 0.5) is 0 Å². The van der Waals surface area contributed by atoms with Gasteiger partial charge in [-0.3, -0.25) is 4.79 Å². The van der Waals surface area contributed by atoms with E-state index in [4.69, 9.17) is 4.74 Å². The van der Waals surface area contributed by atoms with Gasteiger partial charge in [0.25, 0.3) is 5.91 Å². The number of sulfonamides is 1. The Morgan fingerprint density at radius 3 is 2.11 bits per heavy atom. The third-order valence-electron chi connectivity index (χ3n) is 4.45. The number of piperazine rings is 1. The molecule has 2 aromatic carbocycles. The second kappa shape index (κ2) is 8.07. The maximum absolute atomic E-state index is 12.8. The van der Waals surface area contributed by atoms with Gasteiger partial charge in [-0.25, -0.2) is 8.42 Å². The highest BCUT2D eigenvalue weighted by Gasteiger charge is 2.30. The summed E-state index contributed by atoms with van der Waals surface area (Å²) in [4.78, 5) is 14.2. The third kappa shape index (κ3) is 4.20. The Morgan fingerprint density at radius 1 is 1.00 bits per heavy atom. The molecule has 0 radical (unpaired) electrons. The van der Waals surface area contributed by atoms with Gasteiger partial charge in [0.15, 0.2) is 0 Å². The number of ether oxygens (including phenoxy) is 1. The lowest BCUT2D eigenvalue weighted by Crippen LogP contribution is -2.50. The Hall–Kier alpha value is -2.78. The molecule has 1 aliphatic rings. The van der Waals surface area contributed by atoms with Gasteiger partial charge in [-0.15, -0.1) is 0 Å². The van der Waals surface area contributed by atoms with Crippen molar-refractivity contribution in [1.82, 2.24) is 9.21 Å². The van der Waals surface area contributed by atoms with E-state index in [9.17, 15) is 23.4 Å². The highest BCUT2D eigenvalue weighted by atomic mass is 32.2. The molecular formula is C19H22N2O6S. The molecule has 1 saturated heterocycles. The number of phenolic OH excluding ortho intramolecular Hbond substituents is 2. The summed E-state index contributed by atoms with van der Waals surface area (Å²) in [5.74, 6) is -0.185. The molecule has 8 nitrogen and oxygen atoms in total. The largest absolute Gasteiger partial charge is 0.508 e. The zero-order valence-corrected chi connectivity index (χ0v) is 16.2. The standard InChI is InChI=1S/C19H22N2O6S/c1-2-27-17-3-5-18(6-4-17)28(25,26)21-9-7-20(8-10-21)19(24)14-11-15(22)13-16(23)12-14/h3-6,11-13,22-23H,2,7-10H2,1H3. The first-order chi connectivity index (χ1) is 13.3. The smallest absolute Gasteiger partial charge is 0.254 e. The van der Waals surface area contributed by atoms with Gasteiger partial charge in [0.05, 0.1) is 11.5 Å². The first-order valence-corrected chi connectivity index (χ1v) is 10.3. The average Bonchev–Trinajstić information content (AvgIpc) is 2.67. The molecule has 28 heavy (non-hydrogen) atoms. The zero-order valence-electron chi connectivity index (χ0n) is 15.4. The Bertz CT molecular complexity index is 931. The summed E-state index contributed by atoms with van der Waals surface area (Å²) in [5, 5.41) is 19.1. The van der Waals surface area contributed by atoms with Crippen molar-refractivity contribution in [3.8, 4) is 17.2 Å². The number of hydrogen-bond acceptors (Lipinski definition) is 6. The van der Waals surface area contributed by atoms with Crippen molar-refractivity contribution in [1.29, 1.82) is 0 Å². The second-order valence-electron chi connectivity index (χ2n) is 6.34. The van der Waals surface area contributed by atoms with Crippen molar-refractivity contribution in [2.75, 3.05) is 32.8 Å². The maximum Gasteiger partial charge on any atom is 0.254 e. The van der Waals surface area contributed by atoms with E-state index in [1.807, 2.05) is 6.92 Å². The predicted molar refractivity (Wildman–Crippen MR) is 102 cm³/mol.